The summed E-state index contributed by atoms with van der Waals surface area (Å²) < 4.78 is 6.30. The Labute approximate surface area is 137 Å². The first kappa shape index (κ1) is 15.9. The van der Waals surface area contributed by atoms with Crippen LogP contribution in [0.4, 0.5) is 5.69 Å². The number of hydrogen-bond acceptors (Lipinski definition) is 3. The highest BCUT2D eigenvalue weighted by Crippen LogP contribution is 2.27. The zero-order chi connectivity index (χ0) is 15.4. The molecule has 0 aliphatic carbocycles. The fourth-order valence-corrected chi connectivity index (χ4v) is 2.85. The van der Waals surface area contributed by atoms with Crippen molar-refractivity contribution in [3.8, 4) is 5.75 Å². The summed E-state index contributed by atoms with van der Waals surface area (Å²) in [5.41, 5.74) is 2.31. The van der Waals surface area contributed by atoms with Crippen molar-refractivity contribution in [2.24, 2.45) is 0 Å². The Balaban J connectivity index is 2.28. The van der Waals surface area contributed by atoms with Gasteiger partial charge < -0.3 is 10.1 Å². The molecule has 21 heavy (non-hydrogen) atoms. The highest BCUT2D eigenvalue weighted by atomic mass is 79.9. The Morgan fingerprint density at radius 2 is 2.00 bits per heavy atom. The number of aryl methyl sites for hydroxylation is 1. The molecule has 0 unspecified atom stereocenters. The Kier molecular flexibility index (Phi) is 5.31. The molecule has 0 aliphatic heterocycles. The number of benzene rings is 2. The van der Waals surface area contributed by atoms with Crippen molar-refractivity contribution >= 4 is 39.3 Å². The number of amides is 1. The fourth-order valence-electron chi connectivity index (χ4n) is 1.94. The standard InChI is InChI=1S/C16H16BrNO2S/c1-10-8-11(17)4-7-14(10)18-16(19)13-6-5-12(21-3)9-15(13)20-2/h4-9H,1-3H3,(H,18,19). The second-order valence-electron chi connectivity index (χ2n) is 4.48. The molecule has 1 N–H and O–H groups in total. The molecule has 0 aromatic heterocycles. The van der Waals surface area contributed by atoms with Crippen molar-refractivity contribution in [2.45, 2.75) is 11.8 Å². The van der Waals surface area contributed by atoms with E-state index in [2.05, 4.69) is 21.2 Å². The van der Waals surface area contributed by atoms with E-state index in [0.717, 1.165) is 20.6 Å². The van der Waals surface area contributed by atoms with Crippen LogP contribution in [0.1, 0.15) is 15.9 Å². The average Bonchev–Trinajstić information content (AvgIpc) is 2.49. The number of rotatable bonds is 4. The van der Waals surface area contributed by atoms with E-state index in [4.69, 9.17) is 4.74 Å². The second kappa shape index (κ2) is 7.00. The third-order valence-corrected chi connectivity index (χ3v) is 4.31. The molecule has 0 radical (unpaired) electrons. The van der Waals surface area contributed by atoms with Gasteiger partial charge in [0.25, 0.3) is 5.91 Å². The summed E-state index contributed by atoms with van der Waals surface area (Å²) in [6, 6.07) is 11.3. The molecule has 0 bridgehead atoms. The monoisotopic (exact) mass is 365 g/mol. The van der Waals surface area contributed by atoms with E-state index in [-0.39, 0.29) is 5.91 Å². The number of carbonyl (C=O) groups is 1. The van der Waals surface area contributed by atoms with Crippen LogP contribution in [-0.4, -0.2) is 19.3 Å². The lowest BCUT2D eigenvalue weighted by molar-refractivity contribution is 0.102. The van der Waals surface area contributed by atoms with Crippen molar-refractivity contribution in [1.29, 1.82) is 0 Å². The number of carbonyl (C=O) groups excluding carboxylic acids is 1. The summed E-state index contributed by atoms with van der Waals surface area (Å²) >= 11 is 5.02. The van der Waals surface area contributed by atoms with Crippen LogP contribution in [0.3, 0.4) is 0 Å². The predicted molar refractivity (Wildman–Crippen MR) is 91.6 cm³/mol. The second-order valence-corrected chi connectivity index (χ2v) is 6.27. The Morgan fingerprint density at radius 1 is 1.24 bits per heavy atom. The molecule has 0 saturated carbocycles. The smallest absolute Gasteiger partial charge is 0.259 e. The molecule has 0 heterocycles. The van der Waals surface area contributed by atoms with Crippen molar-refractivity contribution in [1.82, 2.24) is 0 Å². The SMILES string of the molecule is COc1cc(SC)ccc1C(=O)Nc1ccc(Br)cc1C. The number of methoxy groups -OCH3 is 1. The Hall–Kier alpha value is -1.46. The maximum atomic E-state index is 12.4. The molecule has 2 rings (SSSR count). The zero-order valence-electron chi connectivity index (χ0n) is 12.1. The quantitative estimate of drug-likeness (QED) is 0.795. The van der Waals surface area contributed by atoms with Gasteiger partial charge in [-0.3, -0.25) is 4.79 Å². The molecular formula is C16H16BrNO2S. The summed E-state index contributed by atoms with van der Waals surface area (Å²) in [5.74, 6) is 0.402. The van der Waals surface area contributed by atoms with Gasteiger partial charge in [-0.15, -0.1) is 11.8 Å². The van der Waals surface area contributed by atoms with E-state index in [1.54, 1.807) is 24.9 Å². The summed E-state index contributed by atoms with van der Waals surface area (Å²) in [6.45, 7) is 1.95. The third-order valence-electron chi connectivity index (χ3n) is 3.09. The van der Waals surface area contributed by atoms with Crippen LogP contribution in [0.15, 0.2) is 45.8 Å². The van der Waals surface area contributed by atoms with Gasteiger partial charge >= 0.3 is 0 Å². The topological polar surface area (TPSA) is 38.3 Å². The molecule has 1 amide bonds. The first-order chi connectivity index (χ1) is 10.0. The van der Waals surface area contributed by atoms with Gasteiger partial charge in [0.15, 0.2) is 0 Å². The van der Waals surface area contributed by atoms with E-state index in [9.17, 15) is 4.79 Å². The summed E-state index contributed by atoms with van der Waals surface area (Å²) in [5, 5.41) is 2.92. The number of hydrogen-bond donors (Lipinski definition) is 1. The van der Waals surface area contributed by atoms with Crippen LogP contribution < -0.4 is 10.1 Å². The maximum absolute atomic E-state index is 12.4. The van der Waals surface area contributed by atoms with Gasteiger partial charge in [0.2, 0.25) is 0 Å². The molecule has 110 valence electrons. The largest absolute Gasteiger partial charge is 0.496 e. The third kappa shape index (κ3) is 3.80. The molecule has 2 aromatic rings. The molecule has 0 saturated heterocycles. The van der Waals surface area contributed by atoms with Gasteiger partial charge in [0.1, 0.15) is 5.75 Å². The first-order valence-electron chi connectivity index (χ1n) is 6.34. The van der Waals surface area contributed by atoms with Gasteiger partial charge in [-0.05, 0) is 55.1 Å². The highest BCUT2D eigenvalue weighted by Gasteiger charge is 2.14. The molecule has 3 nitrogen and oxygen atoms in total. The van der Waals surface area contributed by atoms with Crippen LogP contribution in [0.2, 0.25) is 0 Å². The maximum Gasteiger partial charge on any atom is 0.259 e. The minimum absolute atomic E-state index is 0.176. The van der Waals surface area contributed by atoms with Crippen molar-refractivity contribution in [2.75, 3.05) is 18.7 Å². The number of nitrogens with one attached hydrogen (secondary N) is 1. The minimum atomic E-state index is -0.176. The van der Waals surface area contributed by atoms with E-state index in [1.165, 1.54) is 0 Å². The average molecular weight is 366 g/mol. The van der Waals surface area contributed by atoms with Crippen molar-refractivity contribution in [3.05, 3.63) is 52.0 Å². The fraction of sp³-hybridized carbons (Fsp3) is 0.188. The van der Waals surface area contributed by atoms with Crippen molar-refractivity contribution in [3.63, 3.8) is 0 Å². The van der Waals surface area contributed by atoms with Crippen LogP contribution in [-0.2, 0) is 0 Å². The summed E-state index contributed by atoms with van der Waals surface area (Å²) in [4.78, 5) is 13.5. The highest BCUT2D eigenvalue weighted by molar-refractivity contribution is 9.10. The molecular weight excluding hydrogens is 350 g/mol. The van der Waals surface area contributed by atoms with Gasteiger partial charge in [-0.1, -0.05) is 15.9 Å². The van der Waals surface area contributed by atoms with Gasteiger partial charge in [-0.2, -0.15) is 0 Å². The van der Waals surface area contributed by atoms with E-state index in [0.29, 0.717) is 11.3 Å². The molecule has 0 spiro atoms. The van der Waals surface area contributed by atoms with E-state index >= 15 is 0 Å². The van der Waals surface area contributed by atoms with Gasteiger partial charge in [0.05, 0.1) is 12.7 Å². The van der Waals surface area contributed by atoms with Gasteiger partial charge in [0, 0.05) is 15.1 Å². The van der Waals surface area contributed by atoms with Crippen LogP contribution >= 0.6 is 27.7 Å². The summed E-state index contributed by atoms with van der Waals surface area (Å²) in [6.07, 6.45) is 1.99. The lowest BCUT2D eigenvalue weighted by Crippen LogP contribution is -2.14. The Morgan fingerprint density at radius 3 is 2.62 bits per heavy atom. The van der Waals surface area contributed by atoms with Crippen LogP contribution in [0, 0.1) is 6.92 Å². The van der Waals surface area contributed by atoms with Crippen LogP contribution in [0.25, 0.3) is 0 Å². The molecule has 0 atom stereocenters. The normalized spacial score (nSPS) is 10.3. The predicted octanol–water partition coefficient (Wildman–Crippen LogP) is 4.74. The molecule has 0 aliphatic rings. The molecule has 0 fully saturated rings. The molecule has 5 heteroatoms. The molecule has 2 aromatic carbocycles. The van der Waals surface area contributed by atoms with Gasteiger partial charge in [-0.25, -0.2) is 0 Å². The zero-order valence-corrected chi connectivity index (χ0v) is 14.5. The van der Waals surface area contributed by atoms with Crippen molar-refractivity contribution < 1.29 is 9.53 Å². The number of anilines is 1. The summed E-state index contributed by atoms with van der Waals surface area (Å²) in [7, 11) is 1.57. The lowest BCUT2D eigenvalue weighted by Gasteiger charge is -2.12. The first-order valence-corrected chi connectivity index (χ1v) is 8.36. The number of thioether (sulfide) groups is 1. The number of ether oxygens (including phenoxy) is 1. The van der Waals surface area contributed by atoms with E-state index < -0.39 is 0 Å². The van der Waals surface area contributed by atoms with E-state index in [1.807, 2.05) is 43.5 Å². The lowest BCUT2D eigenvalue weighted by atomic mass is 10.1. The minimum Gasteiger partial charge on any atom is -0.496 e. The van der Waals surface area contributed by atoms with Crippen LogP contribution in [0.5, 0.6) is 5.75 Å². The number of halogens is 1. The Bertz CT molecular complexity index is 673.